The highest BCUT2D eigenvalue weighted by Gasteiger charge is 2.33. The first-order valence-electron chi connectivity index (χ1n) is 3.99. The van der Waals surface area contributed by atoms with Gasteiger partial charge in [-0.3, -0.25) is 4.79 Å². The normalized spacial score (nSPS) is 18.5. The van der Waals surface area contributed by atoms with E-state index in [4.69, 9.17) is 0 Å². The Bertz CT molecular complexity index is 361. The van der Waals surface area contributed by atoms with Gasteiger partial charge < -0.3 is 10.6 Å². The summed E-state index contributed by atoms with van der Waals surface area (Å²) < 4.78 is 0. The molecule has 0 fully saturated rings. The summed E-state index contributed by atoms with van der Waals surface area (Å²) in [5.74, 6) is 0.592. The van der Waals surface area contributed by atoms with Gasteiger partial charge in [0.1, 0.15) is 17.6 Å². The number of amides is 1. The number of carbonyl (C=O) groups excluding carboxylic acids is 1. The van der Waals surface area contributed by atoms with E-state index < -0.39 is 5.54 Å². The van der Waals surface area contributed by atoms with Gasteiger partial charge in [-0.25, -0.2) is 9.97 Å². The molecule has 0 unspecified atom stereocenters. The summed E-state index contributed by atoms with van der Waals surface area (Å²) in [6.45, 7) is 3.60. The highest BCUT2D eigenvalue weighted by atomic mass is 16.2. The Morgan fingerprint density at radius 3 is 3.00 bits per heavy atom. The van der Waals surface area contributed by atoms with Crippen molar-refractivity contribution >= 4 is 17.4 Å². The molecule has 0 atom stereocenters. The minimum atomic E-state index is -0.610. The lowest BCUT2D eigenvalue weighted by Gasteiger charge is -2.31. The van der Waals surface area contributed by atoms with Crippen LogP contribution in [0.15, 0.2) is 12.5 Å². The predicted molar refractivity (Wildman–Crippen MR) is 48.4 cm³/mol. The van der Waals surface area contributed by atoms with Crippen LogP contribution < -0.4 is 10.6 Å². The van der Waals surface area contributed by atoms with Crippen molar-refractivity contribution in [2.45, 2.75) is 19.4 Å². The molecule has 0 aromatic carbocycles. The maximum absolute atomic E-state index is 11.4. The average molecular weight is 178 g/mol. The van der Waals surface area contributed by atoms with E-state index >= 15 is 0 Å². The number of fused-ring (bicyclic) bond motifs is 1. The number of nitrogens with one attached hydrogen (secondary N) is 2. The van der Waals surface area contributed by atoms with Crippen molar-refractivity contribution < 1.29 is 4.79 Å². The molecule has 1 aliphatic rings. The van der Waals surface area contributed by atoms with E-state index in [9.17, 15) is 4.79 Å². The van der Waals surface area contributed by atoms with Crippen LogP contribution >= 0.6 is 0 Å². The van der Waals surface area contributed by atoms with E-state index in [0.717, 1.165) is 0 Å². The van der Waals surface area contributed by atoms with E-state index in [0.29, 0.717) is 11.5 Å². The second-order valence-electron chi connectivity index (χ2n) is 3.49. The van der Waals surface area contributed by atoms with Crippen molar-refractivity contribution in [3.8, 4) is 0 Å². The zero-order chi connectivity index (χ0) is 9.47. The van der Waals surface area contributed by atoms with Crippen LogP contribution in [-0.2, 0) is 4.79 Å². The Morgan fingerprint density at radius 1 is 1.46 bits per heavy atom. The molecular formula is C8H10N4O. The molecule has 13 heavy (non-hydrogen) atoms. The SMILES string of the molecule is CC1(C)Nc2ncncc2NC1=O. The molecule has 1 aliphatic heterocycles. The zero-order valence-corrected chi connectivity index (χ0v) is 7.46. The highest BCUT2D eigenvalue weighted by Crippen LogP contribution is 2.26. The Balaban J connectivity index is 2.44. The molecule has 0 spiro atoms. The van der Waals surface area contributed by atoms with Gasteiger partial charge in [0.2, 0.25) is 5.91 Å². The molecule has 1 amide bonds. The Morgan fingerprint density at radius 2 is 2.23 bits per heavy atom. The molecule has 2 heterocycles. The maximum Gasteiger partial charge on any atom is 0.249 e. The van der Waals surface area contributed by atoms with E-state index in [1.165, 1.54) is 6.33 Å². The molecule has 2 N–H and O–H groups in total. The standard InChI is InChI=1S/C8H10N4O/c1-8(2)7(13)11-5-3-9-4-10-6(5)12-8/h3-4H,1-2H3,(H,11,13)(H,9,10,12). The lowest BCUT2D eigenvalue weighted by molar-refractivity contribution is -0.119. The molecule has 0 saturated carbocycles. The van der Waals surface area contributed by atoms with Crippen molar-refractivity contribution in [1.29, 1.82) is 0 Å². The Hall–Kier alpha value is -1.65. The fraction of sp³-hybridized carbons (Fsp3) is 0.375. The molecule has 5 heteroatoms. The molecule has 0 bridgehead atoms. The van der Waals surface area contributed by atoms with Gasteiger partial charge in [-0.15, -0.1) is 0 Å². The molecule has 0 aliphatic carbocycles. The Kier molecular flexibility index (Phi) is 1.48. The van der Waals surface area contributed by atoms with Crippen LogP contribution in [0.2, 0.25) is 0 Å². The van der Waals surface area contributed by atoms with Crippen molar-refractivity contribution in [2.24, 2.45) is 0 Å². The Labute approximate surface area is 75.6 Å². The van der Waals surface area contributed by atoms with Gasteiger partial charge in [0.05, 0.1) is 6.20 Å². The first-order valence-corrected chi connectivity index (χ1v) is 3.99. The minimum absolute atomic E-state index is 0.0743. The second kappa shape index (κ2) is 2.42. The number of nitrogens with zero attached hydrogens (tertiary/aromatic N) is 2. The number of hydrogen-bond donors (Lipinski definition) is 2. The largest absolute Gasteiger partial charge is 0.355 e. The summed E-state index contributed by atoms with van der Waals surface area (Å²) in [6.07, 6.45) is 3.02. The summed E-state index contributed by atoms with van der Waals surface area (Å²) >= 11 is 0. The molecule has 68 valence electrons. The van der Waals surface area contributed by atoms with E-state index in [-0.39, 0.29) is 5.91 Å². The monoisotopic (exact) mass is 178 g/mol. The van der Waals surface area contributed by atoms with Crippen LogP contribution in [0.5, 0.6) is 0 Å². The molecule has 1 aromatic rings. The van der Waals surface area contributed by atoms with E-state index in [1.807, 2.05) is 0 Å². The summed E-state index contributed by atoms with van der Waals surface area (Å²) in [5.41, 5.74) is 0.0216. The molecule has 2 rings (SSSR count). The molecule has 1 aromatic heterocycles. The molecule has 0 radical (unpaired) electrons. The van der Waals surface area contributed by atoms with E-state index in [1.54, 1.807) is 20.0 Å². The second-order valence-corrected chi connectivity index (χ2v) is 3.49. The van der Waals surface area contributed by atoms with Gasteiger partial charge in [0.25, 0.3) is 0 Å². The number of carbonyl (C=O) groups is 1. The number of hydrogen-bond acceptors (Lipinski definition) is 4. The third-order valence-corrected chi connectivity index (χ3v) is 1.96. The number of aromatic nitrogens is 2. The molecule has 5 nitrogen and oxygen atoms in total. The van der Waals surface area contributed by atoms with Crippen LogP contribution in [-0.4, -0.2) is 21.4 Å². The van der Waals surface area contributed by atoms with Crippen LogP contribution in [0.4, 0.5) is 11.5 Å². The zero-order valence-electron chi connectivity index (χ0n) is 7.46. The first kappa shape index (κ1) is 7.97. The van der Waals surface area contributed by atoms with Crippen molar-refractivity contribution in [1.82, 2.24) is 9.97 Å². The lowest BCUT2D eigenvalue weighted by Crippen LogP contribution is -2.47. The summed E-state index contributed by atoms with van der Waals surface area (Å²) in [6, 6.07) is 0. The fourth-order valence-corrected chi connectivity index (χ4v) is 1.15. The van der Waals surface area contributed by atoms with Gasteiger partial charge in [-0.05, 0) is 13.8 Å². The number of anilines is 2. The van der Waals surface area contributed by atoms with Crippen molar-refractivity contribution in [3.05, 3.63) is 12.5 Å². The van der Waals surface area contributed by atoms with Gasteiger partial charge in [-0.1, -0.05) is 0 Å². The quantitative estimate of drug-likeness (QED) is 0.611. The summed E-state index contributed by atoms with van der Waals surface area (Å²) in [5, 5.41) is 5.75. The van der Waals surface area contributed by atoms with Crippen LogP contribution in [0.1, 0.15) is 13.8 Å². The summed E-state index contributed by atoms with van der Waals surface area (Å²) in [4.78, 5) is 19.3. The lowest BCUT2D eigenvalue weighted by atomic mass is 10.0. The van der Waals surface area contributed by atoms with Gasteiger partial charge in [0, 0.05) is 0 Å². The van der Waals surface area contributed by atoms with E-state index in [2.05, 4.69) is 20.6 Å². The van der Waals surface area contributed by atoms with Crippen LogP contribution in [0.3, 0.4) is 0 Å². The first-order chi connectivity index (χ1) is 6.09. The van der Waals surface area contributed by atoms with Crippen molar-refractivity contribution in [3.63, 3.8) is 0 Å². The molecular weight excluding hydrogens is 168 g/mol. The third-order valence-electron chi connectivity index (χ3n) is 1.96. The smallest absolute Gasteiger partial charge is 0.249 e. The van der Waals surface area contributed by atoms with Gasteiger partial charge in [0.15, 0.2) is 5.82 Å². The molecule has 0 saturated heterocycles. The highest BCUT2D eigenvalue weighted by molar-refractivity contribution is 6.04. The van der Waals surface area contributed by atoms with Gasteiger partial charge >= 0.3 is 0 Å². The van der Waals surface area contributed by atoms with Crippen LogP contribution in [0, 0.1) is 0 Å². The van der Waals surface area contributed by atoms with Crippen LogP contribution in [0.25, 0.3) is 0 Å². The number of rotatable bonds is 0. The average Bonchev–Trinajstić information content (AvgIpc) is 2.06. The maximum atomic E-state index is 11.4. The van der Waals surface area contributed by atoms with Crippen molar-refractivity contribution in [2.75, 3.05) is 10.6 Å². The predicted octanol–water partition coefficient (Wildman–Crippen LogP) is 0.619. The fourth-order valence-electron chi connectivity index (χ4n) is 1.15. The van der Waals surface area contributed by atoms with Gasteiger partial charge in [-0.2, -0.15) is 0 Å². The summed E-state index contributed by atoms with van der Waals surface area (Å²) in [7, 11) is 0. The topological polar surface area (TPSA) is 66.9 Å². The minimum Gasteiger partial charge on any atom is -0.355 e. The third kappa shape index (κ3) is 1.22.